The molecule has 1 fully saturated rings. The van der Waals surface area contributed by atoms with E-state index < -0.39 is 17.5 Å². The summed E-state index contributed by atoms with van der Waals surface area (Å²) >= 11 is 0. The predicted octanol–water partition coefficient (Wildman–Crippen LogP) is 2.13. The van der Waals surface area contributed by atoms with Gasteiger partial charge in [0.1, 0.15) is 0 Å². The zero-order valence-corrected chi connectivity index (χ0v) is 9.99. The van der Waals surface area contributed by atoms with Crippen molar-refractivity contribution >= 4 is 6.09 Å². The van der Waals surface area contributed by atoms with E-state index >= 15 is 0 Å². The molecule has 92 valence electrons. The SMILES string of the molecule is COc1ccc(C2(C)CN(C)C(=O)O2)cc1F. The van der Waals surface area contributed by atoms with Crippen molar-refractivity contribution in [1.29, 1.82) is 0 Å². The van der Waals surface area contributed by atoms with E-state index in [0.717, 1.165) is 0 Å². The zero-order chi connectivity index (χ0) is 12.6. The van der Waals surface area contributed by atoms with Gasteiger partial charge in [0.05, 0.1) is 13.7 Å². The third kappa shape index (κ3) is 1.92. The number of cyclic esters (lactones) is 1. The number of hydrogen-bond donors (Lipinski definition) is 0. The summed E-state index contributed by atoms with van der Waals surface area (Å²) in [5.41, 5.74) is -0.188. The minimum Gasteiger partial charge on any atom is -0.494 e. The van der Waals surface area contributed by atoms with Gasteiger partial charge in [0.15, 0.2) is 17.2 Å². The van der Waals surface area contributed by atoms with Crippen molar-refractivity contribution in [3.05, 3.63) is 29.6 Å². The molecule has 1 unspecified atom stereocenters. The standard InChI is InChI=1S/C12H14FNO3/c1-12(7-14(2)11(15)17-12)8-4-5-10(16-3)9(13)6-8/h4-6H,7H2,1-3H3. The first-order chi connectivity index (χ1) is 7.96. The Kier molecular flexibility index (Phi) is 2.69. The molecular weight excluding hydrogens is 225 g/mol. The second kappa shape index (κ2) is 3.91. The number of likely N-dealkylation sites (N-methyl/N-ethyl adjacent to an activating group) is 1. The summed E-state index contributed by atoms with van der Waals surface area (Å²) in [6.45, 7) is 2.16. The lowest BCUT2D eigenvalue weighted by Crippen LogP contribution is -2.27. The maximum Gasteiger partial charge on any atom is 0.410 e. The molecule has 1 aliphatic heterocycles. The Morgan fingerprint density at radius 1 is 1.53 bits per heavy atom. The van der Waals surface area contributed by atoms with Crippen LogP contribution in [-0.2, 0) is 10.3 Å². The molecule has 1 heterocycles. The van der Waals surface area contributed by atoms with Gasteiger partial charge in [-0.1, -0.05) is 6.07 Å². The first-order valence-electron chi connectivity index (χ1n) is 5.24. The highest BCUT2D eigenvalue weighted by Gasteiger charge is 2.41. The Balaban J connectivity index is 2.35. The van der Waals surface area contributed by atoms with Crippen LogP contribution in [0.4, 0.5) is 9.18 Å². The number of ether oxygens (including phenoxy) is 2. The molecule has 1 aromatic carbocycles. The molecule has 17 heavy (non-hydrogen) atoms. The molecule has 1 atom stereocenters. The van der Waals surface area contributed by atoms with E-state index in [9.17, 15) is 9.18 Å². The molecule has 0 N–H and O–H groups in total. The molecular formula is C12H14FNO3. The van der Waals surface area contributed by atoms with Crippen LogP contribution in [0.1, 0.15) is 12.5 Å². The van der Waals surface area contributed by atoms with E-state index in [1.165, 1.54) is 24.1 Å². The molecule has 0 aliphatic carbocycles. The van der Waals surface area contributed by atoms with E-state index in [2.05, 4.69) is 0 Å². The largest absolute Gasteiger partial charge is 0.494 e. The minimum absolute atomic E-state index is 0.176. The van der Waals surface area contributed by atoms with Crippen LogP contribution in [-0.4, -0.2) is 31.7 Å². The van der Waals surface area contributed by atoms with E-state index in [1.807, 2.05) is 0 Å². The van der Waals surface area contributed by atoms with Crippen molar-refractivity contribution in [2.75, 3.05) is 20.7 Å². The monoisotopic (exact) mass is 239 g/mol. The maximum atomic E-state index is 13.6. The smallest absolute Gasteiger partial charge is 0.410 e. The van der Waals surface area contributed by atoms with Crippen LogP contribution in [0.2, 0.25) is 0 Å². The molecule has 1 aliphatic rings. The second-order valence-electron chi connectivity index (χ2n) is 4.30. The molecule has 1 amide bonds. The lowest BCUT2D eigenvalue weighted by molar-refractivity contribution is 0.0698. The van der Waals surface area contributed by atoms with Crippen molar-refractivity contribution in [3.8, 4) is 5.75 Å². The Hall–Kier alpha value is -1.78. The summed E-state index contributed by atoms with van der Waals surface area (Å²) in [6.07, 6.45) is -0.399. The van der Waals surface area contributed by atoms with Gasteiger partial charge >= 0.3 is 6.09 Å². The molecule has 5 heteroatoms. The fourth-order valence-electron chi connectivity index (χ4n) is 1.97. The number of carbonyl (C=O) groups excluding carboxylic acids is 1. The quantitative estimate of drug-likeness (QED) is 0.793. The summed E-state index contributed by atoms with van der Waals surface area (Å²) in [5.74, 6) is -0.285. The maximum absolute atomic E-state index is 13.6. The summed E-state index contributed by atoms with van der Waals surface area (Å²) in [4.78, 5) is 12.8. The van der Waals surface area contributed by atoms with Gasteiger partial charge in [0.2, 0.25) is 0 Å². The number of halogens is 1. The first kappa shape index (κ1) is 11.7. The number of rotatable bonds is 2. The Morgan fingerprint density at radius 2 is 2.24 bits per heavy atom. The highest BCUT2D eigenvalue weighted by Crippen LogP contribution is 2.33. The van der Waals surface area contributed by atoms with Crippen LogP contribution in [0.5, 0.6) is 5.75 Å². The van der Waals surface area contributed by atoms with E-state index in [0.29, 0.717) is 12.1 Å². The Labute approximate surface area is 98.9 Å². The normalized spacial score (nSPS) is 23.8. The number of methoxy groups -OCH3 is 1. The molecule has 0 bridgehead atoms. The number of nitrogens with zero attached hydrogens (tertiary/aromatic N) is 1. The average Bonchev–Trinajstić information content (AvgIpc) is 2.54. The average molecular weight is 239 g/mol. The van der Waals surface area contributed by atoms with Gasteiger partial charge < -0.3 is 14.4 Å². The summed E-state index contributed by atoms with van der Waals surface area (Å²) in [7, 11) is 3.05. The second-order valence-corrected chi connectivity index (χ2v) is 4.30. The number of hydrogen-bond acceptors (Lipinski definition) is 3. The van der Waals surface area contributed by atoms with Crippen molar-refractivity contribution in [2.24, 2.45) is 0 Å². The van der Waals surface area contributed by atoms with Crippen molar-refractivity contribution in [3.63, 3.8) is 0 Å². The lowest BCUT2D eigenvalue weighted by Gasteiger charge is -2.22. The van der Waals surface area contributed by atoms with Gasteiger partial charge in [-0.05, 0) is 19.1 Å². The third-order valence-electron chi connectivity index (χ3n) is 2.93. The molecule has 1 aromatic rings. The molecule has 0 radical (unpaired) electrons. The molecule has 0 aromatic heterocycles. The first-order valence-corrected chi connectivity index (χ1v) is 5.24. The Bertz CT molecular complexity index is 463. The van der Waals surface area contributed by atoms with E-state index in [4.69, 9.17) is 9.47 Å². The fourth-order valence-corrected chi connectivity index (χ4v) is 1.97. The van der Waals surface area contributed by atoms with Gasteiger partial charge in [0, 0.05) is 12.6 Å². The topological polar surface area (TPSA) is 38.8 Å². The molecule has 0 saturated carbocycles. The number of amides is 1. The summed E-state index contributed by atoms with van der Waals surface area (Å²) in [6, 6.07) is 4.57. The molecule has 0 spiro atoms. The lowest BCUT2D eigenvalue weighted by atomic mass is 9.96. The number of carbonyl (C=O) groups is 1. The van der Waals surface area contributed by atoms with Crippen molar-refractivity contribution in [1.82, 2.24) is 4.90 Å². The van der Waals surface area contributed by atoms with Gasteiger partial charge in [-0.3, -0.25) is 0 Å². The van der Waals surface area contributed by atoms with Crippen LogP contribution in [0.25, 0.3) is 0 Å². The molecule has 2 rings (SSSR count). The van der Waals surface area contributed by atoms with Crippen molar-refractivity contribution < 1.29 is 18.7 Å². The van der Waals surface area contributed by atoms with Gasteiger partial charge in [-0.2, -0.15) is 0 Å². The predicted molar refractivity (Wildman–Crippen MR) is 59.4 cm³/mol. The van der Waals surface area contributed by atoms with Gasteiger partial charge in [0.25, 0.3) is 0 Å². The van der Waals surface area contributed by atoms with E-state index in [-0.39, 0.29) is 5.75 Å². The minimum atomic E-state index is -0.807. The fraction of sp³-hybridized carbons (Fsp3) is 0.417. The molecule has 1 saturated heterocycles. The van der Waals surface area contributed by atoms with Crippen LogP contribution < -0.4 is 4.74 Å². The van der Waals surface area contributed by atoms with Gasteiger partial charge in [-0.15, -0.1) is 0 Å². The highest BCUT2D eigenvalue weighted by molar-refractivity contribution is 5.70. The van der Waals surface area contributed by atoms with E-state index in [1.54, 1.807) is 20.0 Å². The van der Waals surface area contributed by atoms with Crippen LogP contribution in [0.3, 0.4) is 0 Å². The molecule has 4 nitrogen and oxygen atoms in total. The Morgan fingerprint density at radius 3 is 2.71 bits per heavy atom. The summed E-state index contributed by atoms with van der Waals surface area (Å²) < 4.78 is 23.7. The van der Waals surface area contributed by atoms with Gasteiger partial charge in [-0.25, -0.2) is 9.18 Å². The van der Waals surface area contributed by atoms with Crippen molar-refractivity contribution in [2.45, 2.75) is 12.5 Å². The third-order valence-corrected chi connectivity index (χ3v) is 2.93. The zero-order valence-electron chi connectivity index (χ0n) is 9.99. The highest BCUT2D eigenvalue weighted by atomic mass is 19.1. The van der Waals surface area contributed by atoms with Crippen LogP contribution in [0.15, 0.2) is 18.2 Å². The van der Waals surface area contributed by atoms with Crippen LogP contribution >= 0.6 is 0 Å². The summed E-state index contributed by atoms with van der Waals surface area (Å²) in [5, 5.41) is 0. The van der Waals surface area contributed by atoms with Crippen LogP contribution in [0, 0.1) is 5.82 Å². The number of benzene rings is 1.